The fraction of sp³-hybridized carbons (Fsp3) is 0.459. The van der Waals surface area contributed by atoms with E-state index in [9.17, 15) is 14.0 Å². The SMILES string of the molecule is COCC(=O)O[C@]1(CCN(C)CCCCn2c(=O)n(Cc3ccccc3)c3ccccc32)CCc2cc(F)ccc2[C@@H]1C(C)C.Cl. The summed E-state index contributed by atoms with van der Waals surface area (Å²) in [6, 6.07) is 23.1. The minimum atomic E-state index is -0.698. The van der Waals surface area contributed by atoms with Gasteiger partial charge >= 0.3 is 11.7 Å². The number of imidazole rings is 1. The highest BCUT2D eigenvalue weighted by molar-refractivity contribution is 5.85. The number of rotatable bonds is 14. The van der Waals surface area contributed by atoms with Gasteiger partial charge < -0.3 is 14.4 Å². The number of aryl methyl sites for hydroxylation is 2. The summed E-state index contributed by atoms with van der Waals surface area (Å²) in [5, 5.41) is 0. The van der Waals surface area contributed by atoms with Crippen molar-refractivity contribution < 1.29 is 18.7 Å². The Morgan fingerprint density at radius 3 is 2.39 bits per heavy atom. The first kappa shape index (κ1) is 35.4. The van der Waals surface area contributed by atoms with Crippen LogP contribution in [0.15, 0.2) is 77.6 Å². The van der Waals surface area contributed by atoms with Crippen molar-refractivity contribution in [3.05, 3.63) is 106 Å². The molecule has 0 bridgehead atoms. The molecule has 7 nitrogen and oxygen atoms in total. The average Bonchev–Trinajstić information content (AvgIpc) is 3.28. The highest BCUT2D eigenvalue weighted by Gasteiger charge is 2.47. The molecule has 1 aliphatic carbocycles. The van der Waals surface area contributed by atoms with Crippen LogP contribution in [-0.4, -0.2) is 59.5 Å². The molecule has 2 atom stereocenters. The zero-order chi connectivity index (χ0) is 32.0. The smallest absolute Gasteiger partial charge is 0.332 e. The Hall–Kier alpha value is -3.46. The molecule has 0 fully saturated rings. The van der Waals surface area contributed by atoms with Crippen molar-refractivity contribution in [3.63, 3.8) is 0 Å². The molecule has 0 N–H and O–H groups in total. The molecule has 0 unspecified atom stereocenters. The lowest BCUT2D eigenvalue weighted by molar-refractivity contribution is -0.172. The van der Waals surface area contributed by atoms with E-state index in [1.165, 1.54) is 13.2 Å². The number of aromatic nitrogens is 2. The highest BCUT2D eigenvalue weighted by Crippen LogP contribution is 2.48. The Bertz CT molecular complexity index is 1650. The molecular formula is C37H47ClFN3O4. The number of ether oxygens (including phenoxy) is 2. The number of carbonyl (C=O) groups excluding carboxylic acids is 1. The van der Waals surface area contributed by atoms with Crippen molar-refractivity contribution in [2.24, 2.45) is 5.92 Å². The fourth-order valence-electron chi connectivity index (χ4n) is 7.22. The number of halogens is 2. The predicted molar refractivity (Wildman–Crippen MR) is 183 cm³/mol. The third-order valence-corrected chi connectivity index (χ3v) is 9.27. The van der Waals surface area contributed by atoms with E-state index in [4.69, 9.17) is 9.47 Å². The van der Waals surface area contributed by atoms with Gasteiger partial charge in [0.25, 0.3) is 0 Å². The summed E-state index contributed by atoms with van der Waals surface area (Å²) in [6.07, 6.45) is 3.77. The third-order valence-electron chi connectivity index (χ3n) is 9.27. The molecule has 4 aromatic rings. The van der Waals surface area contributed by atoms with Gasteiger partial charge in [0, 0.05) is 32.5 Å². The molecule has 0 spiro atoms. The monoisotopic (exact) mass is 651 g/mol. The topological polar surface area (TPSA) is 65.7 Å². The van der Waals surface area contributed by atoms with E-state index >= 15 is 0 Å². The minimum Gasteiger partial charge on any atom is -0.457 e. The molecule has 0 radical (unpaired) electrons. The van der Waals surface area contributed by atoms with Crippen molar-refractivity contribution in [3.8, 4) is 0 Å². The lowest BCUT2D eigenvalue weighted by Gasteiger charge is -2.47. The Kier molecular flexibility index (Phi) is 12.2. The lowest BCUT2D eigenvalue weighted by atomic mass is 9.65. The van der Waals surface area contributed by atoms with Crippen LogP contribution in [0, 0.1) is 11.7 Å². The first-order chi connectivity index (χ1) is 21.7. The van der Waals surface area contributed by atoms with Crippen LogP contribution < -0.4 is 5.69 Å². The van der Waals surface area contributed by atoms with E-state index < -0.39 is 5.60 Å². The summed E-state index contributed by atoms with van der Waals surface area (Å²) < 4.78 is 29.3. The predicted octanol–water partition coefficient (Wildman–Crippen LogP) is 6.83. The molecule has 5 rings (SSSR count). The van der Waals surface area contributed by atoms with Gasteiger partial charge in [-0.15, -0.1) is 12.4 Å². The maximum Gasteiger partial charge on any atom is 0.332 e. The van der Waals surface area contributed by atoms with E-state index in [1.807, 2.05) is 69.8 Å². The Labute approximate surface area is 277 Å². The average molecular weight is 652 g/mol. The number of esters is 1. The number of nitrogens with zero attached hydrogens (tertiary/aromatic N) is 3. The number of carbonyl (C=O) groups is 1. The second-order valence-corrected chi connectivity index (χ2v) is 12.8. The van der Waals surface area contributed by atoms with E-state index in [0.717, 1.165) is 53.7 Å². The van der Waals surface area contributed by atoms with Crippen LogP contribution in [0.4, 0.5) is 4.39 Å². The van der Waals surface area contributed by atoms with Crippen LogP contribution in [0.3, 0.4) is 0 Å². The molecule has 3 aromatic carbocycles. The largest absolute Gasteiger partial charge is 0.457 e. The summed E-state index contributed by atoms with van der Waals surface area (Å²) in [4.78, 5) is 28.6. The first-order valence-electron chi connectivity index (χ1n) is 16.1. The number of fused-ring (bicyclic) bond motifs is 2. The minimum absolute atomic E-state index is 0. The van der Waals surface area contributed by atoms with Gasteiger partial charge in [0.15, 0.2) is 0 Å². The molecule has 46 heavy (non-hydrogen) atoms. The maximum absolute atomic E-state index is 14.1. The molecule has 9 heteroatoms. The summed E-state index contributed by atoms with van der Waals surface area (Å²) in [5.74, 6) is -0.454. The van der Waals surface area contributed by atoms with E-state index in [-0.39, 0.29) is 48.3 Å². The third kappa shape index (κ3) is 7.91. The Morgan fingerprint density at radius 2 is 1.70 bits per heavy atom. The van der Waals surface area contributed by atoms with Crippen molar-refractivity contribution >= 4 is 29.4 Å². The fourth-order valence-corrected chi connectivity index (χ4v) is 7.22. The van der Waals surface area contributed by atoms with Gasteiger partial charge in [0.1, 0.15) is 18.0 Å². The summed E-state index contributed by atoms with van der Waals surface area (Å²) in [6.45, 7) is 6.98. The molecule has 0 amide bonds. The Balaban J connectivity index is 0.00000480. The van der Waals surface area contributed by atoms with Crippen molar-refractivity contribution in [1.82, 2.24) is 14.0 Å². The molecule has 0 aliphatic heterocycles. The zero-order valence-corrected chi connectivity index (χ0v) is 28.2. The highest BCUT2D eigenvalue weighted by atomic mass is 35.5. The number of hydrogen-bond donors (Lipinski definition) is 0. The number of hydrogen-bond acceptors (Lipinski definition) is 5. The van der Waals surface area contributed by atoms with E-state index in [2.05, 4.69) is 25.8 Å². The maximum atomic E-state index is 14.1. The van der Waals surface area contributed by atoms with Gasteiger partial charge in [-0.3, -0.25) is 9.13 Å². The van der Waals surface area contributed by atoms with E-state index in [0.29, 0.717) is 32.4 Å². The van der Waals surface area contributed by atoms with Crippen LogP contribution in [0.5, 0.6) is 0 Å². The lowest BCUT2D eigenvalue weighted by Crippen LogP contribution is -2.49. The second kappa shape index (κ2) is 15.9. The quantitative estimate of drug-likeness (QED) is 0.111. The summed E-state index contributed by atoms with van der Waals surface area (Å²) in [5.41, 5.74) is 4.41. The molecular weight excluding hydrogens is 605 g/mol. The zero-order valence-electron chi connectivity index (χ0n) is 27.4. The summed E-state index contributed by atoms with van der Waals surface area (Å²) in [7, 11) is 3.59. The van der Waals surface area contributed by atoms with Gasteiger partial charge in [-0.2, -0.15) is 0 Å². The normalized spacial score (nSPS) is 17.7. The molecule has 248 valence electrons. The van der Waals surface area contributed by atoms with Gasteiger partial charge in [-0.25, -0.2) is 14.0 Å². The standard InChI is InChI=1S/C37H46FN3O4.ClH/c1-27(2)35-31-17-16-30(38)24-29(31)18-19-37(35,45-34(42)26-44-4)20-23-39(3)21-10-11-22-40-32-14-8-9-15-33(32)41(36(40)43)25-28-12-6-5-7-13-28;/h5-9,12-17,24,27,35H,10-11,18-23,25-26H2,1-4H3;1H/t35-,37-;/m0./s1. The van der Waals surface area contributed by atoms with E-state index in [1.54, 1.807) is 6.07 Å². The van der Waals surface area contributed by atoms with Crippen molar-refractivity contribution in [2.45, 2.75) is 70.6 Å². The molecule has 1 aromatic heterocycles. The van der Waals surface area contributed by atoms with Gasteiger partial charge in [-0.05, 0) is 86.1 Å². The van der Waals surface area contributed by atoms with Gasteiger partial charge in [-0.1, -0.05) is 62.4 Å². The van der Waals surface area contributed by atoms with Crippen LogP contribution in [0.1, 0.15) is 62.1 Å². The van der Waals surface area contributed by atoms with Crippen molar-refractivity contribution in [2.75, 3.05) is 33.9 Å². The van der Waals surface area contributed by atoms with Crippen LogP contribution in [0.2, 0.25) is 0 Å². The molecule has 1 heterocycles. The molecule has 0 saturated heterocycles. The van der Waals surface area contributed by atoms with Crippen molar-refractivity contribution in [1.29, 1.82) is 0 Å². The molecule has 1 aliphatic rings. The number of methoxy groups -OCH3 is 1. The van der Waals surface area contributed by atoms with Crippen LogP contribution in [0.25, 0.3) is 11.0 Å². The summed E-state index contributed by atoms with van der Waals surface area (Å²) >= 11 is 0. The number of benzene rings is 3. The second-order valence-electron chi connectivity index (χ2n) is 12.8. The molecule has 0 saturated carbocycles. The van der Waals surface area contributed by atoms with Gasteiger partial charge in [0.05, 0.1) is 17.6 Å². The first-order valence-corrected chi connectivity index (χ1v) is 16.1. The van der Waals surface area contributed by atoms with Crippen LogP contribution in [-0.2, 0) is 33.8 Å². The van der Waals surface area contributed by atoms with Gasteiger partial charge in [0.2, 0.25) is 0 Å². The van der Waals surface area contributed by atoms with Crippen LogP contribution >= 0.6 is 12.4 Å². The number of para-hydroxylation sites is 2. The Morgan fingerprint density at radius 1 is 1.00 bits per heavy atom. The number of unbranched alkanes of at least 4 members (excludes halogenated alkanes) is 1.